The minimum atomic E-state index is -4.45. The molecule has 3 rings (SSSR count). The Balaban J connectivity index is 1.77. The second-order valence-electron chi connectivity index (χ2n) is 7.25. The van der Waals surface area contributed by atoms with Crippen LogP contribution < -0.4 is 15.5 Å². The van der Waals surface area contributed by atoms with Crippen molar-refractivity contribution >= 4 is 17.6 Å². The van der Waals surface area contributed by atoms with Crippen LogP contribution in [0.1, 0.15) is 41.4 Å². The number of rotatable bonds is 5. The van der Waals surface area contributed by atoms with Crippen LogP contribution in [0.3, 0.4) is 0 Å². The molecule has 8 heteroatoms. The summed E-state index contributed by atoms with van der Waals surface area (Å²) >= 11 is 0. The van der Waals surface area contributed by atoms with E-state index in [4.69, 9.17) is 0 Å². The van der Waals surface area contributed by atoms with Crippen molar-refractivity contribution in [3.63, 3.8) is 0 Å². The van der Waals surface area contributed by atoms with Gasteiger partial charge in [-0.25, -0.2) is 4.79 Å². The lowest BCUT2D eigenvalue weighted by molar-refractivity contribution is -0.137. The van der Waals surface area contributed by atoms with Gasteiger partial charge in [0.15, 0.2) is 0 Å². The zero-order valence-electron chi connectivity index (χ0n) is 16.1. The van der Waals surface area contributed by atoms with E-state index in [2.05, 4.69) is 10.6 Å². The lowest BCUT2D eigenvalue weighted by Gasteiger charge is -2.24. The van der Waals surface area contributed by atoms with Gasteiger partial charge < -0.3 is 10.6 Å². The molecule has 1 unspecified atom stereocenters. The smallest absolute Gasteiger partial charge is 0.345 e. The normalized spacial score (nSPS) is 15.4. The van der Waals surface area contributed by atoms with E-state index in [9.17, 15) is 22.8 Å². The standard InChI is InChI=1S/C21H22F3N3O2/c1-13(2)18(15-4-3-5-16(12-15)21(22,23)24)26-19(28)14-6-8-17(9-7-14)27-11-10-25-20(27)29/h3-9,12-13,18H,10-11H2,1-2H3,(H,25,29)(H,26,28). The van der Waals surface area contributed by atoms with E-state index >= 15 is 0 Å². The highest BCUT2D eigenvalue weighted by atomic mass is 19.4. The Labute approximate surface area is 166 Å². The molecule has 1 heterocycles. The molecular formula is C21H22F3N3O2. The Morgan fingerprint density at radius 3 is 2.38 bits per heavy atom. The number of hydrogen-bond donors (Lipinski definition) is 2. The number of benzene rings is 2. The van der Waals surface area contributed by atoms with Gasteiger partial charge in [0.1, 0.15) is 0 Å². The van der Waals surface area contributed by atoms with Crippen molar-refractivity contribution < 1.29 is 22.8 Å². The summed E-state index contributed by atoms with van der Waals surface area (Å²) in [4.78, 5) is 26.0. The molecule has 0 aromatic heterocycles. The quantitative estimate of drug-likeness (QED) is 0.776. The zero-order valence-corrected chi connectivity index (χ0v) is 16.1. The molecule has 1 saturated heterocycles. The topological polar surface area (TPSA) is 61.4 Å². The van der Waals surface area contributed by atoms with Crippen molar-refractivity contribution in [3.05, 3.63) is 65.2 Å². The predicted octanol–water partition coefficient (Wildman–Crippen LogP) is 4.36. The summed E-state index contributed by atoms with van der Waals surface area (Å²) < 4.78 is 39.1. The number of hydrogen-bond acceptors (Lipinski definition) is 2. The molecule has 2 N–H and O–H groups in total. The highest BCUT2D eigenvalue weighted by molar-refractivity contribution is 5.97. The van der Waals surface area contributed by atoms with Crippen LogP contribution in [-0.4, -0.2) is 25.0 Å². The average Bonchev–Trinajstić information content (AvgIpc) is 3.11. The van der Waals surface area contributed by atoms with Crippen LogP contribution in [0.5, 0.6) is 0 Å². The fourth-order valence-electron chi connectivity index (χ4n) is 3.28. The Hall–Kier alpha value is -3.03. The summed E-state index contributed by atoms with van der Waals surface area (Å²) in [6.45, 7) is 4.78. The molecule has 1 aliphatic rings. The first kappa shape index (κ1) is 20.7. The molecule has 5 nitrogen and oxygen atoms in total. The molecule has 0 saturated carbocycles. The highest BCUT2D eigenvalue weighted by Crippen LogP contribution is 2.32. The van der Waals surface area contributed by atoms with E-state index in [0.717, 1.165) is 12.1 Å². The van der Waals surface area contributed by atoms with Gasteiger partial charge in [0.05, 0.1) is 11.6 Å². The van der Waals surface area contributed by atoms with Crippen molar-refractivity contribution in [1.82, 2.24) is 10.6 Å². The van der Waals surface area contributed by atoms with Crippen LogP contribution in [0.2, 0.25) is 0 Å². The molecule has 1 fully saturated rings. The molecule has 1 atom stereocenters. The molecular weight excluding hydrogens is 383 g/mol. The summed E-state index contributed by atoms with van der Waals surface area (Å²) in [5, 5.41) is 5.53. The third-order valence-electron chi connectivity index (χ3n) is 4.82. The number of carbonyl (C=O) groups excluding carboxylic acids is 2. The van der Waals surface area contributed by atoms with Gasteiger partial charge in [0.2, 0.25) is 0 Å². The van der Waals surface area contributed by atoms with Crippen LogP contribution in [0, 0.1) is 5.92 Å². The Morgan fingerprint density at radius 1 is 1.14 bits per heavy atom. The van der Waals surface area contributed by atoms with Gasteiger partial charge >= 0.3 is 12.2 Å². The number of anilines is 1. The van der Waals surface area contributed by atoms with Crippen LogP contribution in [0.15, 0.2) is 48.5 Å². The lowest BCUT2D eigenvalue weighted by atomic mass is 9.94. The second-order valence-corrected chi connectivity index (χ2v) is 7.25. The molecule has 1 aliphatic heterocycles. The van der Waals surface area contributed by atoms with E-state index in [1.54, 1.807) is 35.2 Å². The van der Waals surface area contributed by atoms with Crippen molar-refractivity contribution in [1.29, 1.82) is 0 Å². The largest absolute Gasteiger partial charge is 0.416 e. The van der Waals surface area contributed by atoms with Gasteiger partial charge in [-0.2, -0.15) is 13.2 Å². The molecule has 154 valence electrons. The van der Waals surface area contributed by atoms with Crippen LogP contribution in [-0.2, 0) is 6.18 Å². The Morgan fingerprint density at radius 2 is 1.83 bits per heavy atom. The van der Waals surface area contributed by atoms with Gasteiger partial charge in [0.25, 0.3) is 5.91 Å². The zero-order chi connectivity index (χ0) is 21.2. The third-order valence-corrected chi connectivity index (χ3v) is 4.82. The molecule has 2 aromatic rings. The van der Waals surface area contributed by atoms with E-state index < -0.39 is 23.7 Å². The summed E-state index contributed by atoms with van der Waals surface area (Å²) in [6.07, 6.45) is -4.45. The molecule has 0 bridgehead atoms. The van der Waals surface area contributed by atoms with E-state index in [1.165, 1.54) is 6.07 Å². The first-order valence-corrected chi connectivity index (χ1v) is 9.30. The van der Waals surface area contributed by atoms with Crippen molar-refractivity contribution in [3.8, 4) is 0 Å². The average molecular weight is 405 g/mol. The lowest BCUT2D eigenvalue weighted by Crippen LogP contribution is -2.32. The molecule has 0 aliphatic carbocycles. The maximum atomic E-state index is 13.0. The number of halogens is 3. The summed E-state index contributed by atoms with van der Waals surface area (Å²) in [7, 11) is 0. The number of urea groups is 1. The maximum absolute atomic E-state index is 13.0. The second kappa shape index (κ2) is 8.14. The Bertz CT molecular complexity index is 895. The van der Waals surface area contributed by atoms with Gasteiger partial charge in [0, 0.05) is 24.3 Å². The van der Waals surface area contributed by atoms with Gasteiger partial charge in [-0.15, -0.1) is 0 Å². The molecule has 29 heavy (non-hydrogen) atoms. The number of amides is 3. The SMILES string of the molecule is CC(C)C(NC(=O)c1ccc(N2CCNC2=O)cc1)c1cccc(C(F)(F)F)c1. The van der Waals surface area contributed by atoms with Crippen LogP contribution >= 0.6 is 0 Å². The monoisotopic (exact) mass is 405 g/mol. The van der Waals surface area contributed by atoms with Gasteiger partial charge in [-0.05, 0) is 47.9 Å². The minimum Gasteiger partial charge on any atom is -0.345 e. The number of nitrogens with zero attached hydrogens (tertiary/aromatic N) is 1. The summed E-state index contributed by atoms with van der Waals surface area (Å²) in [6, 6.07) is 10.8. The predicted molar refractivity (Wildman–Crippen MR) is 104 cm³/mol. The van der Waals surface area contributed by atoms with E-state index in [-0.39, 0.29) is 11.9 Å². The van der Waals surface area contributed by atoms with E-state index in [0.29, 0.717) is 29.9 Å². The minimum absolute atomic E-state index is 0.116. The van der Waals surface area contributed by atoms with E-state index in [1.807, 2.05) is 13.8 Å². The molecule has 3 amide bonds. The van der Waals surface area contributed by atoms with Crippen molar-refractivity contribution in [2.45, 2.75) is 26.1 Å². The number of alkyl halides is 3. The first-order chi connectivity index (χ1) is 13.7. The Kier molecular flexibility index (Phi) is 5.81. The maximum Gasteiger partial charge on any atom is 0.416 e. The third kappa shape index (κ3) is 4.70. The molecule has 0 spiro atoms. The van der Waals surface area contributed by atoms with Gasteiger partial charge in [-0.3, -0.25) is 9.69 Å². The fourth-order valence-corrected chi connectivity index (χ4v) is 3.28. The van der Waals surface area contributed by atoms with Crippen LogP contribution in [0.25, 0.3) is 0 Å². The first-order valence-electron chi connectivity index (χ1n) is 9.30. The summed E-state index contributed by atoms with van der Waals surface area (Å²) in [5.41, 5.74) is 0.692. The summed E-state index contributed by atoms with van der Waals surface area (Å²) in [5.74, 6) is -0.506. The van der Waals surface area contributed by atoms with Crippen LogP contribution in [0.4, 0.5) is 23.7 Å². The number of carbonyl (C=O) groups is 2. The molecule has 2 aromatic carbocycles. The fraction of sp³-hybridized carbons (Fsp3) is 0.333. The van der Waals surface area contributed by atoms with Crippen molar-refractivity contribution in [2.24, 2.45) is 5.92 Å². The number of nitrogens with one attached hydrogen (secondary N) is 2. The highest BCUT2D eigenvalue weighted by Gasteiger charge is 2.31. The van der Waals surface area contributed by atoms with Gasteiger partial charge in [-0.1, -0.05) is 26.0 Å². The van der Waals surface area contributed by atoms with Crippen molar-refractivity contribution in [2.75, 3.05) is 18.0 Å². The molecule has 0 radical (unpaired) electrons.